The first-order chi connectivity index (χ1) is 9.29. The van der Waals surface area contributed by atoms with Crippen LogP contribution in [0.25, 0.3) is 0 Å². The molecule has 0 radical (unpaired) electrons. The molecule has 1 saturated heterocycles. The van der Waals surface area contributed by atoms with Crippen LogP contribution in [-0.2, 0) is 9.53 Å². The summed E-state index contributed by atoms with van der Waals surface area (Å²) < 4.78 is 5.21. The topological polar surface area (TPSA) is 92.5 Å². The summed E-state index contributed by atoms with van der Waals surface area (Å²) in [4.78, 5) is 17.7. The number of rotatable bonds is 5. The number of nitrogens with zero attached hydrogens (tertiary/aromatic N) is 2. The third-order valence-corrected chi connectivity index (χ3v) is 2.94. The maximum Gasteiger partial charge on any atom is 0.224 e. The summed E-state index contributed by atoms with van der Waals surface area (Å²) in [5, 5.41) is 3.18. The lowest BCUT2D eigenvalue weighted by molar-refractivity contribution is -0.134. The van der Waals surface area contributed by atoms with Gasteiger partial charge < -0.3 is 20.4 Å². The van der Waals surface area contributed by atoms with Crippen molar-refractivity contribution < 1.29 is 9.53 Å². The van der Waals surface area contributed by atoms with E-state index in [9.17, 15) is 4.79 Å². The van der Waals surface area contributed by atoms with Crippen molar-refractivity contribution in [2.75, 3.05) is 43.6 Å². The van der Waals surface area contributed by atoms with Crippen molar-refractivity contribution in [2.24, 2.45) is 5.84 Å². The molecule has 0 atom stereocenters. The molecule has 1 aliphatic rings. The van der Waals surface area contributed by atoms with Gasteiger partial charge >= 0.3 is 0 Å². The van der Waals surface area contributed by atoms with Crippen LogP contribution in [0.5, 0.6) is 0 Å². The van der Waals surface area contributed by atoms with E-state index in [0.29, 0.717) is 45.1 Å². The fourth-order valence-corrected chi connectivity index (χ4v) is 1.90. The van der Waals surface area contributed by atoms with Gasteiger partial charge in [-0.05, 0) is 6.07 Å². The van der Waals surface area contributed by atoms with E-state index in [4.69, 9.17) is 10.6 Å². The van der Waals surface area contributed by atoms with Crippen LogP contribution >= 0.6 is 0 Å². The minimum atomic E-state index is 0.155. The minimum Gasteiger partial charge on any atom is -0.384 e. The van der Waals surface area contributed by atoms with Gasteiger partial charge in [-0.2, -0.15) is 0 Å². The Bertz CT molecular complexity index is 420. The summed E-state index contributed by atoms with van der Waals surface area (Å²) in [6, 6.07) is 3.62. The van der Waals surface area contributed by atoms with Crippen LogP contribution in [0, 0.1) is 0 Å². The van der Waals surface area contributed by atoms with Gasteiger partial charge in [-0.3, -0.25) is 4.79 Å². The number of amides is 1. The second-order valence-corrected chi connectivity index (χ2v) is 4.24. The molecule has 1 amide bonds. The van der Waals surface area contributed by atoms with Gasteiger partial charge in [0.05, 0.1) is 13.2 Å². The van der Waals surface area contributed by atoms with Crippen molar-refractivity contribution in [3.05, 3.63) is 18.3 Å². The minimum absolute atomic E-state index is 0.155. The Morgan fingerprint density at radius 2 is 2.26 bits per heavy atom. The Hall–Kier alpha value is -1.86. The molecule has 1 aromatic heterocycles. The molecule has 2 rings (SSSR count). The van der Waals surface area contributed by atoms with Gasteiger partial charge in [0.1, 0.15) is 5.82 Å². The van der Waals surface area contributed by atoms with E-state index in [-0.39, 0.29) is 5.91 Å². The Morgan fingerprint density at radius 1 is 1.47 bits per heavy atom. The first kappa shape index (κ1) is 13.6. The van der Waals surface area contributed by atoms with Crippen molar-refractivity contribution in [2.45, 2.75) is 6.42 Å². The molecule has 0 bridgehead atoms. The van der Waals surface area contributed by atoms with Crippen molar-refractivity contribution in [1.29, 1.82) is 0 Å². The van der Waals surface area contributed by atoms with Crippen LogP contribution in [0.1, 0.15) is 6.42 Å². The largest absolute Gasteiger partial charge is 0.384 e. The van der Waals surface area contributed by atoms with E-state index in [1.165, 1.54) is 0 Å². The van der Waals surface area contributed by atoms with Gasteiger partial charge in [0.15, 0.2) is 0 Å². The third kappa shape index (κ3) is 4.08. The van der Waals surface area contributed by atoms with Crippen LogP contribution in [0.4, 0.5) is 11.5 Å². The summed E-state index contributed by atoms with van der Waals surface area (Å²) in [5.74, 6) is 6.02. The lowest BCUT2D eigenvalue weighted by Crippen LogP contribution is -2.41. The molecule has 0 saturated carbocycles. The number of hydrazine groups is 1. The first-order valence-corrected chi connectivity index (χ1v) is 6.31. The fourth-order valence-electron chi connectivity index (χ4n) is 1.90. The highest BCUT2D eigenvalue weighted by Crippen LogP contribution is 2.10. The Labute approximate surface area is 112 Å². The van der Waals surface area contributed by atoms with Crippen LogP contribution in [0.15, 0.2) is 18.3 Å². The number of anilines is 2. The van der Waals surface area contributed by atoms with E-state index in [1.54, 1.807) is 12.3 Å². The van der Waals surface area contributed by atoms with Crippen molar-refractivity contribution in [3.8, 4) is 0 Å². The number of nitrogens with two attached hydrogens (primary N) is 1. The quantitative estimate of drug-likeness (QED) is 0.514. The number of nitrogens with one attached hydrogen (secondary N) is 2. The van der Waals surface area contributed by atoms with Gasteiger partial charge in [-0.25, -0.2) is 10.8 Å². The zero-order chi connectivity index (χ0) is 13.5. The number of ether oxygens (including phenoxy) is 1. The highest BCUT2D eigenvalue weighted by molar-refractivity contribution is 5.76. The zero-order valence-corrected chi connectivity index (χ0v) is 10.8. The van der Waals surface area contributed by atoms with Gasteiger partial charge in [-0.15, -0.1) is 0 Å². The number of hydrogen-bond acceptors (Lipinski definition) is 6. The third-order valence-electron chi connectivity index (χ3n) is 2.94. The van der Waals surface area contributed by atoms with Crippen molar-refractivity contribution in [1.82, 2.24) is 9.88 Å². The number of carbonyl (C=O) groups is 1. The molecule has 7 heteroatoms. The standard InChI is InChI=1S/C12H19N5O2/c13-16-11-9-10(1-3-15-11)14-4-2-12(18)17-5-7-19-8-6-17/h1,3,9H,2,4-8,13H2,(H2,14,15,16). The Morgan fingerprint density at radius 3 is 3.00 bits per heavy atom. The lowest BCUT2D eigenvalue weighted by Gasteiger charge is -2.26. The van der Waals surface area contributed by atoms with Crippen molar-refractivity contribution in [3.63, 3.8) is 0 Å². The molecule has 0 spiro atoms. The molecule has 2 heterocycles. The summed E-state index contributed by atoms with van der Waals surface area (Å²) in [5.41, 5.74) is 3.36. The maximum atomic E-state index is 11.9. The highest BCUT2D eigenvalue weighted by Gasteiger charge is 2.15. The zero-order valence-electron chi connectivity index (χ0n) is 10.8. The predicted octanol–water partition coefficient (Wildman–Crippen LogP) is 0.0280. The molecule has 1 aromatic rings. The highest BCUT2D eigenvalue weighted by atomic mass is 16.5. The van der Waals surface area contributed by atoms with E-state index in [2.05, 4.69) is 15.7 Å². The fraction of sp³-hybridized carbons (Fsp3) is 0.500. The van der Waals surface area contributed by atoms with Gasteiger partial charge in [0, 0.05) is 44.0 Å². The molecule has 1 aliphatic heterocycles. The molecule has 0 unspecified atom stereocenters. The second kappa shape index (κ2) is 6.91. The molecule has 0 aromatic carbocycles. The summed E-state index contributed by atoms with van der Waals surface area (Å²) in [7, 11) is 0. The number of carbonyl (C=O) groups excluding carboxylic acids is 1. The number of pyridine rings is 1. The lowest BCUT2D eigenvalue weighted by atomic mass is 10.3. The van der Waals surface area contributed by atoms with Gasteiger partial charge in [0.2, 0.25) is 5.91 Å². The molecule has 1 fully saturated rings. The Kier molecular flexibility index (Phi) is 4.93. The Balaban J connectivity index is 1.74. The second-order valence-electron chi connectivity index (χ2n) is 4.24. The molecule has 4 N–H and O–H groups in total. The van der Waals surface area contributed by atoms with Gasteiger partial charge in [-0.1, -0.05) is 0 Å². The number of morpholine rings is 1. The molecule has 104 valence electrons. The van der Waals surface area contributed by atoms with Crippen molar-refractivity contribution >= 4 is 17.4 Å². The predicted molar refractivity (Wildman–Crippen MR) is 72.6 cm³/mol. The number of nitrogen functional groups attached to an aromatic ring is 1. The monoisotopic (exact) mass is 265 g/mol. The molecule has 7 nitrogen and oxygen atoms in total. The number of hydrogen-bond donors (Lipinski definition) is 3. The van der Waals surface area contributed by atoms with E-state index in [0.717, 1.165) is 5.69 Å². The van der Waals surface area contributed by atoms with E-state index in [1.807, 2.05) is 11.0 Å². The van der Waals surface area contributed by atoms with Crippen LogP contribution in [0.2, 0.25) is 0 Å². The summed E-state index contributed by atoms with van der Waals surface area (Å²) >= 11 is 0. The summed E-state index contributed by atoms with van der Waals surface area (Å²) in [6.45, 7) is 3.24. The SMILES string of the molecule is NNc1cc(NCCC(=O)N2CCOCC2)ccn1. The van der Waals surface area contributed by atoms with Crippen LogP contribution < -0.4 is 16.6 Å². The molecular formula is C12H19N5O2. The first-order valence-electron chi connectivity index (χ1n) is 6.31. The van der Waals surface area contributed by atoms with E-state index < -0.39 is 0 Å². The normalized spacial score (nSPS) is 15.1. The van der Waals surface area contributed by atoms with Gasteiger partial charge in [0.25, 0.3) is 0 Å². The molecular weight excluding hydrogens is 246 g/mol. The van der Waals surface area contributed by atoms with Crippen LogP contribution in [-0.4, -0.2) is 48.6 Å². The number of aromatic nitrogens is 1. The van der Waals surface area contributed by atoms with Crippen LogP contribution in [0.3, 0.4) is 0 Å². The molecule has 19 heavy (non-hydrogen) atoms. The average molecular weight is 265 g/mol. The summed E-state index contributed by atoms with van der Waals surface area (Å²) in [6.07, 6.45) is 2.12. The molecule has 0 aliphatic carbocycles. The van der Waals surface area contributed by atoms with E-state index >= 15 is 0 Å². The smallest absolute Gasteiger partial charge is 0.224 e. The maximum absolute atomic E-state index is 11.9. The average Bonchev–Trinajstić information content (AvgIpc) is 2.48.